The molecule has 182 valence electrons. The topological polar surface area (TPSA) is 72.4 Å². The van der Waals surface area contributed by atoms with Gasteiger partial charge < -0.3 is 15.6 Å². The van der Waals surface area contributed by atoms with Crippen LogP contribution in [0.1, 0.15) is 52.0 Å². The summed E-state index contributed by atoms with van der Waals surface area (Å²) in [6.07, 6.45) is -1.77. The monoisotopic (exact) mass is 490 g/mol. The van der Waals surface area contributed by atoms with Crippen LogP contribution in [0.5, 0.6) is 0 Å². The van der Waals surface area contributed by atoms with Gasteiger partial charge >= 0.3 is 6.18 Å². The minimum absolute atomic E-state index is 0.00464. The lowest BCUT2D eigenvalue weighted by atomic mass is 10.1. The summed E-state index contributed by atoms with van der Waals surface area (Å²) in [5, 5.41) is 4.49. The second kappa shape index (κ2) is 11.5. The highest BCUT2D eigenvalue weighted by Gasteiger charge is 2.30. The van der Waals surface area contributed by atoms with Crippen LogP contribution in [-0.4, -0.2) is 17.0 Å². The van der Waals surface area contributed by atoms with E-state index in [2.05, 4.69) is 11.4 Å². The van der Waals surface area contributed by atoms with E-state index in [0.717, 1.165) is 48.2 Å². The number of benzene rings is 2. The van der Waals surface area contributed by atoms with Crippen molar-refractivity contribution < 1.29 is 18.0 Å². The van der Waals surface area contributed by atoms with Crippen LogP contribution < -0.4 is 15.9 Å². The SMILES string of the molecule is Cc1cc(C)cc(N=c2scc(C(=O)NCc3cccc(C(F)(F)F)c3)n2CCCCCN)c1. The van der Waals surface area contributed by atoms with E-state index in [1.807, 2.05) is 30.5 Å². The van der Waals surface area contributed by atoms with Crippen molar-refractivity contribution in [1.29, 1.82) is 0 Å². The summed E-state index contributed by atoms with van der Waals surface area (Å²) in [7, 11) is 0. The normalized spacial score (nSPS) is 12.2. The second-order valence-corrected chi connectivity index (χ2v) is 9.08. The number of thiazole rings is 1. The molecule has 3 N–H and O–H groups in total. The minimum Gasteiger partial charge on any atom is -0.347 e. The van der Waals surface area contributed by atoms with Crippen LogP contribution in [0.15, 0.2) is 52.8 Å². The number of carbonyl (C=O) groups excluding carboxylic acids is 1. The van der Waals surface area contributed by atoms with Crippen molar-refractivity contribution in [2.75, 3.05) is 6.54 Å². The molecule has 0 bridgehead atoms. The molecule has 2 aromatic carbocycles. The first kappa shape index (κ1) is 25.7. The number of hydrogen-bond donors (Lipinski definition) is 2. The number of alkyl halides is 3. The van der Waals surface area contributed by atoms with E-state index < -0.39 is 11.7 Å². The number of halogens is 3. The van der Waals surface area contributed by atoms with Crippen molar-refractivity contribution in [2.24, 2.45) is 10.7 Å². The van der Waals surface area contributed by atoms with Gasteiger partial charge in [-0.2, -0.15) is 13.2 Å². The number of nitrogens with one attached hydrogen (secondary N) is 1. The zero-order valence-corrected chi connectivity index (χ0v) is 20.1. The fourth-order valence-electron chi connectivity index (χ4n) is 3.66. The maximum absolute atomic E-state index is 13.0. The smallest absolute Gasteiger partial charge is 0.347 e. The van der Waals surface area contributed by atoms with Gasteiger partial charge in [0.15, 0.2) is 4.80 Å². The van der Waals surface area contributed by atoms with Crippen LogP contribution in [0, 0.1) is 13.8 Å². The molecule has 0 aliphatic rings. The summed E-state index contributed by atoms with van der Waals surface area (Å²) in [5.41, 5.74) is 8.70. The lowest BCUT2D eigenvalue weighted by Crippen LogP contribution is -2.28. The largest absolute Gasteiger partial charge is 0.416 e. The lowest BCUT2D eigenvalue weighted by Gasteiger charge is -2.11. The summed E-state index contributed by atoms with van der Waals surface area (Å²) in [6.45, 7) is 5.22. The van der Waals surface area contributed by atoms with Gasteiger partial charge in [-0.05, 0) is 74.2 Å². The highest BCUT2D eigenvalue weighted by Crippen LogP contribution is 2.29. The molecule has 0 saturated heterocycles. The third kappa shape index (κ3) is 7.04. The minimum atomic E-state index is -4.43. The molecule has 0 fully saturated rings. The van der Waals surface area contributed by atoms with Crippen molar-refractivity contribution in [3.05, 3.63) is 80.6 Å². The molecule has 1 amide bonds. The zero-order chi connectivity index (χ0) is 24.7. The van der Waals surface area contributed by atoms with E-state index >= 15 is 0 Å². The number of hydrogen-bond acceptors (Lipinski definition) is 4. The van der Waals surface area contributed by atoms with Gasteiger partial charge in [0.25, 0.3) is 5.91 Å². The van der Waals surface area contributed by atoms with E-state index in [4.69, 9.17) is 10.7 Å². The molecule has 3 rings (SSSR count). The lowest BCUT2D eigenvalue weighted by molar-refractivity contribution is -0.137. The van der Waals surface area contributed by atoms with Gasteiger partial charge in [-0.25, -0.2) is 4.99 Å². The fourth-order valence-corrected chi connectivity index (χ4v) is 4.59. The number of carbonyl (C=O) groups is 1. The summed E-state index contributed by atoms with van der Waals surface area (Å²) in [5.74, 6) is -0.352. The Morgan fingerprint density at radius 1 is 1.09 bits per heavy atom. The Bertz CT molecular complexity index is 1180. The van der Waals surface area contributed by atoms with Crippen molar-refractivity contribution >= 4 is 22.9 Å². The summed E-state index contributed by atoms with van der Waals surface area (Å²) >= 11 is 1.36. The van der Waals surface area contributed by atoms with Crippen LogP contribution in [-0.2, 0) is 19.3 Å². The first-order valence-corrected chi connectivity index (χ1v) is 12.0. The number of rotatable bonds is 9. The number of aromatic nitrogens is 1. The van der Waals surface area contributed by atoms with E-state index in [-0.39, 0.29) is 12.5 Å². The number of nitrogens with two attached hydrogens (primary N) is 1. The van der Waals surface area contributed by atoms with Crippen LogP contribution in [0.4, 0.5) is 18.9 Å². The molecule has 3 aromatic rings. The molecule has 34 heavy (non-hydrogen) atoms. The van der Waals surface area contributed by atoms with Crippen molar-refractivity contribution in [2.45, 2.75) is 52.4 Å². The molecule has 0 saturated carbocycles. The van der Waals surface area contributed by atoms with Gasteiger partial charge in [-0.15, -0.1) is 11.3 Å². The first-order chi connectivity index (χ1) is 16.2. The predicted molar refractivity (Wildman–Crippen MR) is 129 cm³/mol. The van der Waals surface area contributed by atoms with Gasteiger partial charge in [0.05, 0.1) is 11.3 Å². The predicted octanol–water partition coefficient (Wildman–Crippen LogP) is 5.48. The van der Waals surface area contributed by atoms with Gasteiger partial charge in [0, 0.05) is 18.5 Å². The molecule has 5 nitrogen and oxygen atoms in total. The Labute approximate surface area is 201 Å². The van der Waals surface area contributed by atoms with Gasteiger partial charge in [-0.1, -0.05) is 24.6 Å². The Balaban J connectivity index is 1.85. The quantitative estimate of drug-likeness (QED) is 0.390. The van der Waals surface area contributed by atoms with Crippen LogP contribution in [0.3, 0.4) is 0 Å². The van der Waals surface area contributed by atoms with E-state index in [1.165, 1.54) is 17.4 Å². The standard InChI is InChI=1S/C25H29F3N4OS/c1-17-11-18(2)13-21(12-17)31-24-32(10-5-3-4-9-29)22(16-34-24)23(33)30-15-19-7-6-8-20(14-19)25(26,27)28/h6-8,11-14,16H,3-5,9-10,15,29H2,1-2H3,(H,30,33). The van der Waals surface area contributed by atoms with Crippen LogP contribution in [0.25, 0.3) is 0 Å². The maximum atomic E-state index is 13.0. The Hall–Kier alpha value is -2.91. The van der Waals surface area contributed by atoms with Crippen molar-refractivity contribution in [1.82, 2.24) is 9.88 Å². The fraction of sp³-hybridized carbons (Fsp3) is 0.360. The van der Waals surface area contributed by atoms with Crippen molar-refractivity contribution in [3.8, 4) is 0 Å². The van der Waals surface area contributed by atoms with Gasteiger partial charge in [-0.3, -0.25) is 4.79 Å². The molecular formula is C25H29F3N4OS. The molecular weight excluding hydrogens is 461 g/mol. The van der Waals surface area contributed by atoms with E-state index in [0.29, 0.717) is 29.1 Å². The average molecular weight is 491 g/mol. The molecule has 0 aliphatic heterocycles. The van der Waals surface area contributed by atoms with Crippen LogP contribution >= 0.6 is 11.3 Å². The number of aryl methyl sites for hydroxylation is 2. The third-order valence-corrected chi connectivity index (χ3v) is 6.12. The second-order valence-electron chi connectivity index (χ2n) is 8.24. The molecule has 0 radical (unpaired) electrons. The highest BCUT2D eigenvalue weighted by molar-refractivity contribution is 7.07. The molecule has 9 heteroatoms. The zero-order valence-electron chi connectivity index (χ0n) is 19.3. The Morgan fingerprint density at radius 2 is 1.82 bits per heavy atom. The Kier molecular flexibility index (Phi) is 8.68. The summed E-state index contributed by atoms with van der Waals surface area (Å²) in [4.78, 5) is 18.4. The van der Waals surface area contributed by atoms with E-state index in [1.54, 1.807) is 11.4 Å². The molecule has 0 atom stereocenters. The molecule has 1 aromatic heterocycles. The molecule has 0 spiro atoms. The van der Waals surface area contributed by atoms with Gasteiger partial charge in [0.1, 0.15) is 5.69 Å². The Morgan fingerprint density at radius 3 is 2.50 bits per heavy atom. The number of unbranched alkanes of at least 4 members (excludes halogenated alkanes) is 2. The average Bonchev–Trinajstić information content (AvgIpc) is 3.16. The van der Waals surface area contributed by atoms with Gasteiger partial charge in [0.2, 0.25) is 0 Å². The maximum Gasteiger partial charge on any atom is 0.416 e. The summed E-state index contributed by atoms with van der Waals surface area (Å²) in [6, 6.07) is 11.0. The van der Waals surface area contributed by atoms with E-state index in [9.17, 15) is 18.0 Å². The molecule has 1 heterocycles. The van der Waals surface area contributed by atoms with Crippen LogP contribution in [0.2, 0.25) is 0 Å². The molecule has 0 unspecified atom stereocenters. The highest BCUT2D eigenvalue weighted by atomic mass is 32.1. The first-order valence-electron chi connectivity index (χ1n) is 11.1. The number of nitrogens with zero attached hydrogens (tertiary/aromatic N) is 2. The third-order valence-electron chi connectivity index (χ3n) is 5.25. The molecule has 0 aliphatic carbocycles. The summed E-state index contributed by atoms with van der Waals surface area (Å²) < 4.78 is 40.8. The van der Waals surface area contributed by atoms with Crippen molar-refractivity contribution in [3.63, 3.8) is 0 Å². The number of amides is 1.